The average Bonchev–Trinajstić information content (AvgIpc) is 3.18. The minimum absolute atomic E-state index is 0.152. The molecule has 0 aliphatic rings. The minimum Gasteiger partial charge on any atom is -0.550 e. The lowest BCUT2D eigenvalue weighted by Gasteiger charge is -2.14. The van der Waals surface area contributed by atoms with Gasteiger partial charge in [-0.2, -0.15) is 5.10 Å². The molecule has 1 aromatic heterocycles. The van der Waals surface area contributed by atoms with E-state index in [1.54, 1.807) is 30.3 Å². The maximum atomic E-state index is 13.5. The molecule has 8 nitrogen and oxygen atoms in total. The normalized spacial score (nSPS) is 13.2. The van der Waals surface area contributed by atoms with Gasteiger partial charge in [0.2, 0.25) is 0 Å². The molecule has 3 N–H and O–H groups in total. The second-order valence-corrected chi connectivity index (χ2v) is 8.40. The number of aliphatic carboxylic acids is 1. The molecule has 0 saturated heterocycles. The number of hydrogen-bond acceptors (Lipinski definition) is 6. The van der Waals surface area contributed by atoms with Gasteiger partial charge in [-0.15, -0.1) is 0 Å². The summed E-state index contributed by atoms with van der Waals surface area (Å²) in [6.07, 6.45) is -0.310. The number of hydrogen-bond donors (Lipinski definition) is 3. The molecule has 0 aliphatic heterocycles. The third-order valence-electron chi connectivity index (χ3n) is 5.25. The smallest absolute Gasteiger partial charge is 0.276 e. The molecule has 0 bridgehead atoms. The van der Waals surface area contributed by atoms with Gasteiger partial charge in [-0.1, -0.05) is 38.1 Å². The molecule has 35 heavy (non-hydrogen) atoms. The van der Waals surface area contributed by atoms with Crippen molar-refractivity contribution in [1.82, 2.24) is 9.78 Å². The third kappa shape index (κ3) is 6.84. The van der Waals surface area contributed by atoms with Gasteiger partial charge in [0.1, 0.15) is 5.82 Å². The van der Waals surface area contributed by atoms with Crippen molar-refractivity contribution in [3.63, 3.8) is 0 Å². The number of anilines is 1. The van der Waals surface area contributed by atoms with Gasteiger partial charge in [0.25, 0.3) is 5.91 Å². The number of rotatable bonds is 10. The Balaban J connectivity index is 2.02. The fourth-order valence-corrected chi connectivity index (χ4v) is 3.67. The zero-order valence-electron chi connectivity index (χ0n) is 19.4. The Labute approximate surface area is 202 Å². The molecule has 2 atom stereocenters. The quantitative estimate of drug-likeness (QED) is 0.409. The Morgan fingerprint density at radius 1 is 1.11 bits per heavy atom. The van der Waals surface area contributed by atoms with Crippen LogP contribution in [-0.2, 0) is 4.79 Å². The summed E-state index contributed by atoms with van der Waals surface area (Å²) < 4.78 is 15.0. The SMILES string of the molecule is CC(C)c1c(C(=O)Nc2ccccc2)nn(-c2ccc(F)cc2)c1/C=C/[C@@H](O)C[C@@H](O)CC(=O)[O-]. The summed E-state index contributed by atoms with van der Waals surface area (Å²) in [5.74, 6) is -2.43. The summed E-state index contributed by atoms with van der Waals surface area (Å²) >= 11 is 0. The lowest BCUT2D eigenvalue weighted by Crippen LogP contribution is -2.29. The molecule has 9 heteroatoms. The van der Waals surface area contributed by atoms with Gasteiger partial charge in [-0.05, 0) is 48.4 Å². The van der Waals surface area contributed by atoms with E-state index in [0.717, 1.165) is 0 Å². The van der Waals surface area contributed by atoms with E-state index in [0.29, 0.717) is 22.6 Å². The highest BCUT2D eigenvalue weighted by Gasteiger charge is 2.25. The first-order chi connectivity index (χ1) is 16.7. The predicted octanol–water partition coefficient (Wildman–Crippen LogP) is 2.65. The fourth-order valence-electron chi connectivity index (χ4n) is 3.67. The number of carbonyl (C=O) groups excluding carboxylic acids is 2. The van der Waals surface area contributed by atoms with Gasteiger partial charge in [0, 0.05) is 30.1 Å². The van der Waals surface area contributed by atoms with Crippen LogP contribution in [0, 0.1) is 5.82 Å². The van der Waals surface area contributed by atoms with E-state index in [9.17, 15) is 29.3 Å². The van der Waals surface area contributed by atoms with Crippen LogP contribution in [0.15, 0.2) is 60.7 Å². The molecular weight excluding hydrogens is 453 g/mol. The van der Waals surface area contributed by atoms with Gasteiger partial charge in [-0.3, -0.25) is 4.79 Å². The summed E-state index contributed by atoms with van der Waals surface area (Å²) in [5, 5.41) is 38.1. The number of amides is 1. The molecule has 1 amide bonds. The second-order valence-electron chi connectivity index (χ2n) is 8.40. The van der Waals surface area contributed by atoms with E-state index in [2.05, 4.69) is 10.4 Å². The largest absolute Gasteiger partial charge is 0.550 e. The molecule has 3 rings (SSSR count). The number of aromatic nitrogens is 2. The van der Waals surface area contributed by atoms with Crippen molar-refractivity contribution in [2.45, 2.75) is 44.8 Å². The molecule has 0 saturated carbocycles. The fraction of sp³-hybridized carbons (Fsp3) is 0.269. The number of halogens is 1. The highest BCUT2D eigenvalue weighted by atomic mass is 19.1. The highest BCUT2D eigenvalue weighted by molar-refractivity contribution is 6.04. The van der Waals surface area contributed by atoms with Crippen LogP contribution in [0.3, 0.4) is 0 Å². The zero-order valence-corrected chi connectivity index (χ0v) is 19.4. The van der Waals surface area contributed by atoms with Crippen LogP contribution in [0.2, 0.25) is 0 Å². The van der Waals surface area contributed by atoms with Crippen molar-refractivity contribution in [3.05, 3.63) is 83.4 Å². The van der Waals surface area contributed by atoms with Gasteiger partial charge < -0.3 is 25.4 Å². The van der Waals surface area contributed by atoms with Crippen LogP contribution in [0.25, 0.3) is 11.8 Å². The number of carboxylic acids is 1. The summed E-state index contributed by atoms with van der Waals surface area (Å²) in [7, 11) is 0. The number of aliphatic hydroxyl groups excluding tert-OH is 2. The molecule has 0 fully saturated rings. The van der Waals surface area contributed by atoms with E-state index in [4.69, 9.17) is 0 Å². The molecule has 184 valence electrons. The Morgan fingerprint density at radius 2 is 1.77 bits per heavy atom. The van der Waals surface area contributed by atoms with E-state index in [-0.39, 0.29) is 18.0 Å². The molecule has 0 unspecified atom stereocenters. The summed E-state index contributed by atoms with van der Waals surface area (Å²) in [6, 6.07) is 14.5. The summed E-state index contributed by atoms with van der Waals surface area (Å²) in [4.78, 5) is 23.8. The first-order valence-electron chi connectivity index (χ1n) is 11.1. The summed E-state index contributed by atoms with van der Waals surface area (Å²) in [6.45, 7) is 3.78. The molecule has 0 aliphatic carbocycles. The Kier molecular flexibility index (Phi) is 8.51. The first-order valence-corrected chi connectivity index (χ1v) is 11.1. The average molecular weight is 481 g/mol. The molecule has 0 radical (unpaired) electrons. The third-order valence-corrected chi connectivity index (χ3v) is 5.25. The van der Waals surface area contributed by atoms with Crippen molar-refractivity contribution < 1.29 is 29.3 Å². The van der Waals surface area contributed by atoms with Crippen molar-refractivity contribution in [1.29, 1.82) is 0 Å². The maximum Gasteiger partial charge on any atom is 0.276 e. The van der Waals surface area contributed by atoms with Crippen LogP contribution in [-0.4, -0.2) is 44.1 Å². The van der Waals surface area contributed by atoms with Crippen molar-refractivity contribution in [3.8, 4) is 5.69 Å². The molecule has 3 aromatic rings. The maximum absolute atomic E-state index is 13.5. The van der Waals surface area contributed by atoms with Gasteiger partial charge >= 0.3 is 0 Å². The standard InChI is InChI=1S/C26H28FN3O5/c1-16(2)24-22(13-12-20(31)14-21(32)15-23(33)34)30(19-10-8-17(27)9-11-19)29-25(24)26(35)28-18-6-4-3-5-7-18/h3-13,16,20-21,31-32H,14-15H2,1-2H3,(H,28,35)(H,33,34)/p-1/b13-12+/t20-,21-/m1/s1. The zero-order chi connectivity index (χ0) is 25.5. The number of nitrogens with zero attached hydrogens (tertiary/aromatic N) is 2. The van der Waals surface area contributed by atoms with Crippen LogP contribution >= 0.6 is 0 Å². The van der Waals surface area contributed by atoms with E-state index in [1.165, 1.54) is 35.0 Å². The topological polar surface area (TPSA) is 128 Å². The van der Waals surface area contributed by atoms with Crippen LogP contribution in [0.1, 0.15) is 54.4 Å². The lowest BCUT2D eigenvalue weighted by molar-refractivity contribution is -0.307. The van der Waals surface area contributed by atoms with E-state index in [1.807, 2.05) is 19.9 Å². The lowest BCUT2D eigenvalue weighted by atomic mass is 9.98. The number of carboxylic acid groups (broad SMARTS) is 1. The van der Waals surface area contributed by atoms with Crippen molar-refractivity contribution in [2.24, 2.45) is 0 Å². The molecule has 0 spiro atoms. The van der Waals surface area contributed by atoms with Gasteiger partial charge in [0.05, 0.1) is 23.6 Å². The van der Waals surface area contributed by atoms with Crippen LogP contribution in [0.4, 0.5) is 10.1 Å². The Hall–Kier alpha value is -3.82. The van der Waals surface area contributed by atoms with E-state index >= 15 is 0 Å². The number of nitrogens with one attached hydrogen (secondary N) is 1. The number of aliphatic hydroxyl groups is 2. The molecular formula is C26H27FN3O5-. The number of carbonyl (C=O) groups is 2. The second kappa shape index (κ2) is 11.5. The molecule has 1 heterocycles. The Bertz CT molecular complexity index is 1190. The summed E-state index contributed by atoms with van der Waals surface area (Å²) in [5.41, 5.74) is 2.34. The van der Waals surface area contributed by atoms with Crippen molar-refractivity contribution in [2.75, 3.05) is 5.32 Å². The molecule has 2 aromatic carbocycles. The van der Waals surface area contributed by atoms with Crippen LogP contribution in [0.5, 0.6) is 0 Å². The Morgan fingerprint density at radius 3 is 2.37 bits per heavy atom. The van der Waals surface area contributed by atoms with Gasteiger partial charge in [0.15, 0.2) is 5.69 Å². The number of para-hydroxylation sites is 1. The van der Waals surface area contributed by atoms with Crippen molar-refractivity contribution >= 4 is 23.6 Å². The highest BCUT2D eigenvalue weighted by Crippen LogP contribution is 2.28. The van der Waals surface area contributed by atoms with Crippen LogP contribution < -0.4 is 10.4 Å². The monoisotopic (exact) mass is 480 g/mol. The van der Waals surface area contributed by atoms with E-state index < -0.39 is 36.3 Å². The number of benzene rings is 2. The van der Waals surface area contributed by atoms with Gasteiger partial charge in [-0.25, -0.2) is 9.07 Å². The predicted molar refractivity (Wildman–Crippen MR) is 127 cm³/mol. The minimum atomic E-state index is -1.42. The first kappa shape index (κ1) is 25.8.